The molecule has 1 saturated heterocycles. The van der Waals surface area contributed by atoms with Crippen molar-refractivity contribution in [3.8, 4) is 0 Å². The largest absolute Gasteiger partial charge is 0.383 e. The summed E-state index contributed by atoms with van der Waals surface area (Å²) in [5.41, 5.74) is 7.21. The SMILES string of the molecule is C=C1C(=C2/C(=C\C=c3/c4cccc5cccc(c54)n3C(C)CCC)CC/C2=C\C=c2/c3cccc4cccc(c43)n2C(C)CCC)C(=O)N(CCCC)C(=C)N1C(C)COC. The van der Waals surface area contributed by atoms with Crippen molar-refractivity contribution in [3.05, 3.63) is 143 Å². The number of unbranched alkanes of at least 4 members (excludes halogenated alkanes) is 1. The highest BCUT2D eigenvalue weighted by molar-refractivity contribution is 6.11. The number of benzene rings is 4. The van der Waals surface area contributed by atoms with E-state index in [1.165, 1.54) is 54.0 Å². The van der Waals surface area contributed by atoms with E-state index in [1.54, 1.807) is 7.11 Å². The maximum Gasteiger partial charge on any atom is 0.262 e. The highest BCUT2D eigenvalue weighted by Crippen LogP contribution is 2.44. The van der Waals surface area contributed by atoms with Crippen LogP contribution in [0.5, 0.6) is 0 Å². The van der Waals surface area contributed by atoms with Crippen LogP contribution in [-0.2, 0) is 9.53 Å². The normalized spacial score (nSPS) is 20.1. The molecule has 0 radical (unpaired) electrons. The Balaban J connectivity index is 1.41. The van der Waals surface area contributed by atoms with Crippen LogP contribution in [0.25, 0.3) is 55.5 Å². The predicted octanol–water partition coefficient (Wildman–Crippen LogP) is 12.2. The van der Waals surface area contributed by atoms with Gasteiger partial charge < -0.3 is 18.8 Å². The van der Waals surface area contributed by atoms with Gasteiger partial charge in [-0.3, -0.25) is 9.69 Å². The first-order valence-electron chi connectivity index (χ1n) is 22.8. The monoisotopic (exact) mass is 813 g/mol. The Hall–Kier alpha value is -5.59. The van der Waals surface area contributed by atoms with Gasteiger partial charge in [-0.1, -0.05) is 126 Å². The lowest BCUT2D eigenvalue weighted by Gasteiger charge is -2.44. The molecule has 6 heteroatoms. The van der Waals surface area contributed by atoms with Crippen LogP contribution < -0.4 is 10.7 Å². The number of aromatic nitrogens is 2. The average molecular weight is 813 g/mol. The van der Waals surface area contributed by atoms with E-state index in [4.69, 9.17) is 11.3 Å². The molecule has 3 atom stereocenters. The van der Waals surface area contributed by atoms with Crippen LogP contribution in [-0.4, -0.2) is 51.1 Å². The first kappa shape index (κ1) is 42.1. The Morgan fingerprint density at radius 1 is 0.656 bits per heavy atom. The van der Waals surface area contributed by atoms with Crippen molar-refractivity contribution in [1.29, 1.82) is 0 Å². The molecule has 3 unspecified atom stereocenters. The zero-order valence-corrected chi connectivity index (χ0v) is 37.6. The van der Waals surface area contributed by atoms with Crippen LogP contribution in [0.3, 0.4) is 0 Å². The van der Waals surface area contributed by atoms with Gasteiger partial charge in [-0.2, -0.15) is 0 Å². The summed E-state index contributed by atoms with van der Waals surface area (Å²) >= 11 is 0. The summed E-state index contributed by atoms with van der Waals surface area (Å²) in [4.78, 5) is 19.2. The number of allylic oxidation sites excluding steroid dienone is 5. The Labute approximate surface area is 362 Å². The zero-order chi connectivity index (χ0) is 42.9. The standard InChI is InChI=1S/C55H64N4O2/c1-10-13-34-56-40(8)57(38(6)35-61-9)39(7)51(55(56)60)52-43(30-32-47-45-24-14-20-41-22-16-26-49(53(41)45)58(47)36(4)18-11-2)28-29-44(52)31-33-48-46-25-15-21-42-23-17-27-50(54(42)46)59(48)37(5)19-12-3/h14-17,20-27,30-33,36-38H,7-8,10-13,18-19,28-29,34-35H2,1-6,9H3/b43-30-,44-31+,47-32+,48-33+,52-51?. The molecular formula is C55H64N4O2. The fraction of sp³-hybridized carbons (Fsp3) is 0.364. The molecule has 0 spiro atoms. The molecule has 61 heavy (non-hydrogen) atoms. The molecule has 3 heterocycles. The highest BCUT2D eigenvalue weighted by atomic mass is 16.5. The van der Waals surface area contributed by atoms with Gasteiger partial charge in [-0.25, -0.2) is 0 Å². The van der Waals surface area contributed by atoms with Crippen molar-refractivity contribution >= 4 is 61.4 Å². The minimum absolute atomic E-state index is 0.0224. The molecular weight excluding hydrogens is 749 g/mol. The third-order valence-electron chi connectivity index (χ3n) is 13.3. The van der Waals surface area contributed by atoms with Crippen molar-refractivity contribution in [2.24, 2.45) is 0 Å². The molecule has 316 valence electrons. The van der Waals surface area contributed by atoms with E-state index in [-0.39, 0.29) is 11.9 Å². The third-order valence-corrected chi connectivity index (χ3v) is 13.3. The fourth-order valence-electron chi connectivity index (χ4n) is 10.5. The summed E-state index contributed by atoms with van der Waals surface area (Å²) in [5.74, 6) is 0.649. The molecule has 2 aliphatic rings. The summed E-state index contributed by atoms with van der Waals surface area (Å²) in [5, 5.41) is 10.1. The molecule has 6 aromatic rings. The molecule has 1 amide bonds. The Morgan fingerprint density at radius 3 is 1.61 bits per heavy atom. The lowest BCUT2D eigenvalue weighted by molar-refractivity contribution is -0.128. The minimum Gasteiger partial charge on any atom is -0.383 e. The summed E-state index contributed by atoms with van der Waals surface area (Å²) in [6.07, 6.45) is 17.1. The second-order valence-electron chi connectivity index (χ2n) is 17.5. The van der Waals surface area contributed by atoms with Crippen LogP contribution in [0.15, 0.2) is 132 Å². The zero-order valence-electron chi connectivity index (χ0n) is 37.6. The van der Waals surface area contributed by atoms with Gasteiger partial charge >= 0.3 is 0 Å². The Kier molecular flexibility index (Phi) is 12.3. The minimum atomic E-state index is -0.0690. The second kappa shape index (κ2) is 17.8. The van der Waals surface area contributed by atoms with E-state index >= 15 is 4.79 Å². The molecule has 0 N–H and O–H groups in total. The quantitative estimate of drug-likeness (QED) is 0.103. The van der Waals surface area contributed by atoms with Gasteiger partial charge in [0.25, 0.3) is 5.91 Å². The van der Waals surface area contributed by atoms with Crippen molar-refractivity contribution in [2.75, 3.05) is 20.3 Å². The molecule has 6 nitrogen and oxygen atoms in total. The number of methoxy groups -OCH3 is 1. The number of nitrogens with zero attached hydrogens (tertiary/aromatic N) is 4. The predicted molar refractivity (Wildman–Crippen MR) is 258 cm³/mol. The van der Waals surface area contributed by atoms with Crippen LogP contribution in [0.2, 0.25) is 0 Å². The smallest absolute Gasteiger partial charge is 0.262 e. The molecule has 4 aromatic carbocycles. The van der Waals surface area contributed by atoms with Gasteiger partial charge in [0.05, 0.1) is 18.2 Å². The number of amides is 1. The summed E-state index contributed by atoms with van der Waals surface area (Å²) in [7, 11) is 1.73. The Bertz CT molecular complexity index is 2690. The fourth-order valence-corrected chi connectivity index (χ4v) is 10.5. The van der Waals surface area contributed by atoms with Crippen LogP contribution in [0.4, 0.5) is 0 Å². The van der Waals surface area contributed by atoms with E-state index in [2.05, 4.69) is 159 Å². The molecule has 1 saturated carbocycles. The topological polar surface area (TPSA) is 42.6 Å². The van der Waals surface area contributed by atoms with Gasteiger partial charge in [0, 0.05) is 74.7 Å². The van der Waals surface area contributed by atoms with Crippen molar-refractivity contribution in [3.63, 3.8) is 0 Å². The first-order valence-corrected chi connectivity index (χ1v) is 22.8. The molecule has 2 aromatic heterocycles. The highest BCUT2D eigenvalue weighted by Gasteiger charge is 2.40. The summed E-state index contributed by atoms with van der Waals surface area (Å²) in [6.45, 7) is 23.8. The van der Waals surface area contributed by atoms with Crippen molar-refractivity contribution in [1.82, 2.24) is 18.9 Å². The molecule has 8 rings (SSSR count). The Morgan fingerprint density at radius 2 is 1.15 bits per heavy atom. The van der Waals surface area contributed by atoms with Gasteiger partial charge in [-0.05, 0) is 105 Å². The third kappa shape index (κ3) is 7.37. The molecule has 1 aliphatic heterocycles. The second-order valence-corrected chi connectivity index (χ2v) is 17.5. The number of hydrogen-bond acceptors (Lipinski definition) is 3. The van der Waals surface area contributed by atoms with E-state index in [0.29, 0.717) is 42.3 Å². The lowest BCUT2D eigenvalue weighted by Crippen LogP contribution is -2.50. The van der Waals surface area contributed by atoms with Gasteiger partial charge in [0.1, 0.15) is 5.82 Å². The molecule has 1 aliphatic carbocycles. The number of rotatable bonds is 14. The number of carbonyl (C=O) groups excluding carboxylic acids is 1. The summed E-state index contributed by atoms with van der Waals surface area (Å²) in [6, 6.07) is 27.3. The molecule has 0 bridgehead atoms. The van der Waals surface area contributed by atoms with Crippen molar-refractivity contribution in [2.45, 2.75) is 111 Å². The van der Waals surface area contributed by atoms with Gasteiger partial charge in [0.15, 0.2) is 0 Å². The molecule has 2 fully saturated rings. The summed E-state index contributed by atoms with van der Waals surface area (Å²) < 4.78 is 10.8. The van der Waals surface area contributed by atoms with E-state index in [9.17, 15) is 0 Å². The van der Waals surface area contributed by atoms with Crippen LogP contribution >= 0.6 is 0 Å². The van der Waals surface area contributed by atoms with E-state index in [1.807, 2.05) is 4.90 Å². The lowest BCUT2D eigenvalue weighted by atomic mass is 9.92. The van der Waals surface area contributed by atoms with Gasteiger partial charge in [0.2, 0.25) is 0 Å². The average Bonchev–Trinajstić information content (AvgIpc) is 3.91. The van der Waals surface area contributed by atoms with E-state index in [0.717, 1.165) is 68.1 Å². The van der Waals surface area contributed by atoms with Crippen LogP contribution in [0.1, 0.15) is 105 Å². The first-order chi connectivity index (χ1) is 29.6. The number of ether oxygens (including phenoxy) is 1. The number of carbonyl (C=O) groups is 1. The van der Waals surface area contributed by atoms with E-state index < -0.39 is 0 Å². The maximum absolute atomic E-state index is 15.1. The van der Waals surface area contributed by atoms with Crippen molar-refractivity contribution < 1.29 is 9.53 Å². The van der Waals surface area contributed by atoms with Crippen LogP contribution in [0, 0.1) is 0 Å². The maximum atomic E-state index is 15.1. The number of hydrogen-bond donors (Lipinski definition) is 0. The van der Waals surface area contributed by atoms with Gasteiger partial charge in [-0.15, -0.1) is 0 Å².